The summed E-state index contributed by atoms with van der Waals surface area (Å²) in [5, 5.41) is 3.01. The molecule has 1 aliphatic heterocycles. The zero-order valence-electron chi connectivity index (χ0n) is 16.6. The number of rotatable bonds is 6. The molecule has 5 nitrogen and oxygen atoms in total. The van der Waals surface area contributed by atoms with Gasteiger partial charge in [-0.05, 0) is 48.6 Å². The number of aryl methyl sites for hydroxylation is 1. The Kier molecular flexibility index (Phi) is 6.69. The molecule has 3 rings (SSSR count). The minimum atomic E-state index is -0.0271. The van der Waals surface area contributed by atoms with E-state index in [0.29, 0.717) is 38.9 Å². The summed E-state index contributed by atoms with van der Waals surface area (Å²) in [6.07, 6.45) is 1.86. The summed E-state index contributed by atoms with van der Waals surface area (Å²) in [5.74, 6) is 0.992. The maximum absolute atomic E-state index is 12.6. The SMILES string of the molecule is COc1ccc(CNC(=O)C2CCN(C(=O)Cc3ccccc3C)CC2)cc1. The standard InChI is InChI=1S/C23H28N2O3/c1-17-5-3-4-6-20(17)15-22(26)25-13-11-19(12-14-25)23(27)24-16-18-7-9-21(28-2)10-8-18/h3-10,19H,11-16H2,1-2H3,(H,24,27). The highest BCUT2D eigenvalue weighted by atomic mass is 16.5. The van der Waals surface area contributed by atoms with Crippen molar-refractivity contribution >= 4 is 11.8 Å². The summed E-state index contributed by atoms with van der Waals surface area (Å²) in [4.78, 5) is 26.9. The maximum atomic E-state index is 12.6. The average Bonchev–Trinajstić information content (AvgIpc) is 2.74. The fourth-order valence-electron chi connectivity index (χ4n) is 3.55. The molecule has 0 spiro atoms. The van der Waals surface area contributed by atoms with Crippen molar-refractivity contribution in [1.82, 2.24) is 10.2 Å². The number of nitrogens with one attached hydrogen (secondary N) is 1. The normalized spacial score (nSPS) is 14.6. The Balaban J connectivity index is 1.44. The number of hydrogen-bond donors (Lipinski definition) is 1. The molecule has 0 unspecified atom stereocenters. The molecule has 148 valence electrons. The summed E-state index contributed by atoms with van der Waals surface area (Å²) >= 11 is 0. The monoisotopic (exact) mass is 380 g/mol. The van der Waals surface area contributed by atoms with Gasteiger partial charge in [0.2, 0.25) is 11.8 Å². The molecular weight excluding hydrogens is 352 g/mol. The van der Waals surface area contributed by atoms with Crippen LogP contribution < -0.4 is 10.1 Å². The molecule has 0 aromatic heterocycles. The molecule has 1 fully saturated rings. The molecule has 1 saturated heterocycles. The van der Waals surface area contributed by atoms with Gasteiger partial charge in [0.1, 0.15) is 5.75 Å². The van der Waals surface area contributed by atoms with Crippen LogP contribution in [-0.2, 0) is 22.6 Å². The van der Waals surface area contributed by atoms with Gasteiger partial charge in [-0.3, -0.25) is 9.59 Å². The summed E-state index contributed by atoms with van der Waals surface area (Å²) in [6.45, 7) is 3.83. The first-order valence-corrected chi connectivity index (χ1v) is 9.79. The molecule has 0 bridgehead atoms. The van der Waals surface area contributed by atoms with Crippen LogP contribution in [0.3, 0.4) is 0 Å². The zero-order valence-corrected chi connectivity index (χ0v) is 16.6. The highest BCUT2D eigenvalue weighted by molar-refractivity contribution is 5.81. The van der Waals surface area contributed by atoms with Crippen LogP contribution in [0.4, 0.5) is 0 Å². The Labute approximate surface area is 166 Å². The van der Waals surface area contributed by atoms with Crippen molar-refractivity contribution in [3.63, 3.8) is 0 Å². The van der Waals surface area contributed by atoms with Crippen molar-refractivity contribution in [2.75, 3.05) is 20.2 Å². The van der Waals surface area contributed by atoms with E-state index in [4.69, 9.17) is 4.74 Å². The number of hydrogen-bond acceptors (Lipinski definition) is 3. The number of ether oxygens (including phenoxy) is 1. The van der Waals surface area contributed by atoms with Crippen LogP contribution in [0, 0.1) is 12.8 Å². The van der Waals surface area contributed by atoms with Gasteiger partial charge in [-0.15, -0.1) is 0 Å². The number of carbonyl (C=O) groups is 2. The quantitative estimate of drug-likeness (QED) is 0.838. The molecule has 2 amide bonds. The van der Waals surface area contributed by atoms with Crippen molar-refractivity contribution in [3.8, 4) is 5.75 Å². The van der Waals surface area contributed by atoms with Crippen LogP contribution in [-0.4, -0.2) is 36.9 Å². The summed E-state index contributed by atoms with van der Waals surface area (Å²) in [6, 6.07) is 15.7. The van der Waals surface area contributed by atoms with E-state index in [9.17, 15) is 9.59 Å². The van der Waals surface area contributed by atoms with E-state index in [2.05, 4.69) is 5.32 Å². The number of carbonyl (C=O) groups excluding carboxylic acids is 2. The molecule has 2 aromatic carbocycles. The number of methoxy groups -OCH3 is 1. The van der Waals surface area contributed by atoms with Crippen molar-refractivity contribution < 1.29 is 14.3 Å². The highest BCUT2D eigenvalue weighted by Gasteiger charge is 2.27. The van der Waals surface area contributed by atoms with Gasteiger partial charge in [-0.1, -0.05) is 36.4 Å². The molecule has 1 heterocycles. The van der Waals surface area contributed by atoms with E-state index >= 15 is 0 Å². The highest BCUT2D eigenvalue weighted by Crippen LogP contribution is 2.19. The molecule has 5 heteroatoms. The molecule has 1 N–H and O–H groups in total. The molecular formula is C23H28N2O3. The van der Waals surface area contributed by atoms with Gasteiger partial charge >= 0.3 is 0 Å². The molecule has 0 atom stereocenters. The lowest BCUT2D eigenvalue weighted by Crippen LogP contribution is -2.43. The van der Waals surface area contributed by atoms with Gasteiger partial charge < -0.3 is 15.0 Å². The van der Waals surface area contributed by atoms with Gasteiger partial charge in [0.05, 0.1) is 13.5 Å². The van der Waals surface area contributed by atoms with Crippen molar-refractivity contribution in [2.24, 2.45) is 5.92 Å². The van der Waals surface area contributed by atoms with Crippen LogP contribution >= 0.6 is 0 Å². The lowest BCUT2D eigenvalue weighted by Gasteiger charge is -2.31. The number of piperidine rings is 1. The Morgan fingerprint density at radius 2 is 1.75 bits per heavy atom. The Hall–Kier alpha value is -2.82. The summed E-state index contributed by atoms with van der Waals surface area (Å²) in [7, 11) is 1.63. The van der Waals surface area contributed by atoms with E-state index in [0.717, 1.165) is 22.4 Å². The number of nitrogens with zero attached hydrogens (tertiary/aromatic N) is 1. The smallest absolute Gasteiger partial charge is 0.226 e. The van der Waals surface area contributed by atoms with Gasteiger partial charge in [-0.2, -0.15) is 0 Å². The first kappa shape index (κ1) is 19.9. The fraction of sp³-hybridized carbons (Fsp3) is 0.391. The van der Waals surface area contributed by atoms with E-state index < -0.39 is 0 Å². The molecule has 0 aliphatic carbocycles. The molecule has 0 radical (unpaired) electrons. The zero-order chi connectivity index (χ0) is 19.9. The van der Waals surface area contributed by atoms with Gasteiger partial charge in [0.25, 0.3) is 0 Å². The van der Waals surface area contributed by atoms with Crippen LogP contribution in [0.1, 0.15) is 29.5 Å². The van der Waals surface area contributed by atoms with Crippen LogP contribution in [0.2, 0.25) is 0 Å². The Morgan fingerprint density at radius 1 is 1.07 bits per heavy atom. The van der Waals surface area contributed by atoms with Crippen molar-refractivity contribution in [1.29, 1.82) is 0 Å². The Morgan fingerprint density at radius 3 is 2.39 bits per heavy atom. The minimum absolute atomic E-state index is 0.0271. The van der Waals surface area contributed by atoms with Crippen LogP contribution in [0.5, 0.6) is 5.75 Å². The van der Waals surface area contributed by atoms with Gasteiger partial charge in [0, 0.05) is 25.6 Å². The fourth-order valence-corrected chi connectivity index (χ4v) is 3.55. The second-order valence-electron chi connectivity index (χ2n) is 7.32. The lowest BCUT2D eigenvalue weighted by atomic mass is 9.95. The predicted octanol–water partition coefficient (Wildman–Crippen LogP) is 3.10. The van der Waals surface area contributed by atoms with E-state index in [-0.39, 0.29) is 17.7 Å². The number of benzene rings is 2. The topological polar surface area (TPSA) is 58.6 Å². The maximum Gasteiger partial charge on any atom is 0.226 e. The van der Waals surface area contributed by atoms with Gasteiger partial charge in [-0.25, -0.2) is 0 Å². The first-order valence-electron chi connectivity index (χ1n) is 9.79. The largest absolute Gasteiger partial charge is 0.497 e. The third-order valence-corrected chi connectivity index (χ3v) is 5.45. The van der Waals surface area contributed by atoms with Crippen LogP contribution in [0.25, 0.3) is 0 Å². The third-order valence-electron chi connectivity index (χ3n) is 5.45. The lowest BCUT2D eigenvalue weighted by molar-refractivity contribution is -0.135. The van der Waals surface area contributed by atoms with Gasteiger partial charge in [0.15, 0.2) is 0 Å². The Bertz CT molecular complexity index is 809. The average molecular weight is 380 g/mol. The van der Waals surface area contributed by atoms with E-state index in [1.807, 2.05) is 60.4 Å². The first-order chi connectivity index (χ1) is 13.6. The molecule has 2 aromatic rings. The van der Waals surface area contributed by atoms with Crippen molar-refractivity contribution in [2.45, 2.75) is 32.7 Å². The molecule has 28 heavy (non-hydrogen) atoms. The van der Waals surface area contributed by atoms with E-state index in [1.165, 1.54) is 0 Å². The predicted molar refractivity (Wildman–Crippen MR) is 109 cm³/mol. The molecule has 1 aliphatic rings. The van der Waals surface area contributed by atoms with Crippen LogP contribution in [0.15, 0.2) is 48.5 Å². The number of likely N-dealkylation sites (tertiary alicyclic amines) is 1. The minimum Gasteiger partial charge on any atom is -0.497 e. The number of amides is 2. The van der Waals surface area contributed by atoms with E-state index in [1.54, 1.807) is 7.11 Å². The second kappa shape index (κ2) is 9.40. The second-order valence-corrected chi connectivity index (χ2v) is 7.32. The summed E-state index contributed by atoms with van der Waals surface area (Å²) in [5.41, 5.74) is 3.26. The third kappa shape index (κ3) is 5.12. The van der Waals surface area contributed by atoms with Crippen molar-refractivity contribution in [3.05, 3.63) is 65.2 Å². The molecule has 0 saturated carbocycles. The summed E-state index contributed by atoms with van der Waals surface area (Å²) < 4.78 is 5.14.